The number of nitrogens with zero attached hydrogens (tertiary/aromatic N) is 1. The van der Waals surface area contributed by atoms with Crippen LogP contribution in [0.25, 0.3) is 0 Å². The first kappa shape index (κ1) is 8.10. The second-order valence-electron chi connectivity index (χ2n) is 1.39. The van der Waals surface area contributed by atoms with Gasteiger partial charge in [-0.2, -0.15) is 0 Å². The summed E-state index contributed by atoms with van der Waals surface area (Å²) in [6, 6.07) is 0. The SMILES string of the molecule is C=C(F)C(=O)N(C)OC. The van der Waals surface area contributed by atoms with Crippen molar-refractivity contribution < 1.29 is 14.0 Å². The molecular weight excluding hydrogens is 125 g/mol. The second-order valence-corrected chi connectivity index (χ2v) is 1.39. The smallest absolute Gasteiger partial charge is 0.274 e. The molecule has 0 heterocycles. The van der Waals surface area contributed by atoms with E-state index in [4.69, 9.17) is 0 Å². The topological polar surface area (TPSA) is 29.5 Å². The summed E-state index contributed by atoms with van der Waals surface area (Å²) in [6.45, 7) is 2.79. The molecule has 0 aromatic rings. The number of amides is 1. The van der Waals surface area contributed by atoms with Crippen molar-refractivity contribution in [1.29, 1.82) is 0 Å². The molecule has 0 radical (unpaired) electrons. The number of halogens is 1. The van der Waals surface area contributed by atoms with Gasteiger partial charge in [0.1, 0.15) is 0 Å². The molecule has 0 rings (SSSR count). The Balaban J connectivity index is 3.88. The number of hydrogen-bond acceptors (Lipinski definition) is 2. The second kappa shape index (κ2) is 3.19. The highest BCUT2D eigenvalue weighted by molar-refractivity contribution is 5.89. The quantitative estimate of drug-likeness (QED) is 0.405. The van der Waals surface area contributed by atoms with Gasteiger partial charge in [0.25, 0.3) is 0 Å². The number of carbonyl (C=O) groups is 1. The van der Waals surface area contributed by atoms with Crippen molar-refractivity contribution in [3.05, 3.63) is 12.4 Å². The van der Waals surface area contributed by atoms with E-state index in [2.05, 4.69) is 11.4 Å². The molecule has 0 N–H and O–H groups in total. The van der Waals surface area contributed by atoms with Crippen molar-refractivity contribution in [2.75, 3.05) is 14.2 Å². The fourth-order valence-electron chi connectivity index (χ4n) is 0.254. The molecule has 0 atom stereocenters. The summed E-state index contributed by atoms with van der Waals surface area (Å²) in [5, 5.41) is 0.752. The van der Waals surface area contributed by atoms with Crippen molar-refractivity contribution in [2.45, 2.75) is 0 Å². The predicted octanol–water partition coefficient (Wildman–Crippen LogP) is 0.489. The Kier molecular flexibility index (Phi) is 2.87. The van der Waals surface area contributed by atoms with E-state index in [1.807, 2.05) is 0 Å². The molecule has 0 aromatic carbocycles. The van der Waals surface area contributed by atoms with E-state index in [9.17, 15) is 9.18 Å². The van der Waals surface area contributed by atoms with Crippen molar-refractivity contribution in [2.24, 2.45) is 0 Å². The minimum atomic E-state index is -1.03. The Morgan fingerprint density at radius 2 is 2.22 bits per heavy atom. The number of carbonyl (C=O) groups excluding carboxylic acids is 1. The van der Waals surface area contributed by atoms with Crippen LogP contribution in [0.1, 0.15) is 0 Å². The summed E-state index contributed by atoms with van der Waals surface area (Å²) in [6.07, 6.45) is 0. The molecule has 4 heteroatoms. The van der Waals surface area contributed by atoms with Crippen LogP contribution in [0.3, 0.4) is 0 Å². The van der Waals surface area contributed by atoms with E-state index < -0.39 is 11.7 Å². The fraction of sp³-hybridized carbons (Fsp3) is 0.400. The van der Waals surface area contributed by atoms with Crippen LogP contribution >= 0.6 is 0 Å². The van der Waals surface area contributed by atoms with E-state index >= 15 is 0 Å². The van der Waals surface area contributed by atoms with Crippen LogP contribution < -0.4 is 0 Å². The van der Waals surface area contributed by atoms with E-state index in [0.717, 1.165) is 5.06 Å². The molecule has 0 aromatic heterocycles. The number of likely N-dealkylation sites (N-methyl/N-ethyl adjacent to an activating group) is 1. The Hall–Kier alpha value is -0.900. The molecule has 0 unspecified atom stereocenters. The van der Waals surface area contributed by atoms with E-state index in [1.165, 1.54) is 14.2 Å². The van der Waals surface area contributed by atoms with Gasteiger partial charge < -0.3 is 0 Å². The number of hydrogen-bond donors (Lipinski definition) is 0. The minimum absolute atomic E-state index is 0.752. The molecule has 0 spiro atoms. The van der Waals surface area contributed by atoms with Crippen LogP contribution in [0.2, 0.25) is 0 Å². The lowest BCUT2D eigenvalue weighted by molar-refractivity contribution is -0.165. The lowest BCUT2D eigenvalue weighted by atomic mass is 10.5. The van der Waals surface area contributed by atoms with Gasteiger partial charge in [0, 0.05) is 7.05 Å². The Bertz CT molecular complexity index is 135. The first-order chi connectivity index (χ1) is 4.09. The number of hydroxylamine groups is 2. The van der Waals surface area contributed by atoms with Crippen LogP contribution in [-0.2, 0) is 9.63 Å². The van der Waals surface area contributed by atoms with Gasteiger partial charge in [0.15, 0.2) is 5.83 Å². The van der Waals surface area contributed by atoms with Gasteiger partial charge in [0.05, 0.1) is 7.11 Å². The zero-order chi connectivity index (χ0) is 7.44. The maximum absolute atomic E-state index is 11.9. The highest BCUT2D eigenvalue weighted by Crippen LogP contribution is 1.96. The normalized spacial score (nSPS) is 8.78. The number of rotatable bonds is 2. The van der Waals surface area contributed by atoms with Gasteiger partial charge in [-0.25, -0.2) is 9.45 Å². The highest BCUT2D eigenvalue weighted by atomic mass is 19.1. The van der Waals surface area contributed by atoms with Crippen LogP contribution in [0.4, 0.5) is 4.39 Å². The molecule has 0 saturated heterocycles. The van der Waals surface area contributed by atoms with Crippen molar-refractivity contribution >= 4 is 5.91 Å². The summed E-state index contributed by atoms with van der Waals surface area (Å²) in [5.74, 6) is -1.89. The minimum Gasteiger partial charge on any atom is -0.274 e. The lowest BCUT2D eigenvalue weighted by Crippen LogP contribution is -2.25. The summed E-state index contributed by atoms with van der Waals surface area (Å²) in [4.78, 5) is 14.8. The third kappa shape index (κ3) is 2.23. The van der Waals surface area contributed by atoms with Crippen LogP contribution in [0.15, 0.2) is 12.4 Å². The summed E-state index contributed by atoms with van der Waals surface area (Å²) >= 11 is 0. The molecule has 0 fully saturated rings. The largest absolute Gasteiger partial charge is 0.305 e. The summed E-state index contributed by atoms with van der Waals surface area (Å²) in [5.41, 5.74) is 0. The average molecular weight is 133 g/mol. The highest BCUT2D eigenvalue weighted by Gasteiger charge is 2.10. The lowest BCUT2D eigenvalue weighted by Gasteiger charge is -2.10. The van der Waals surface area contributed by atoms with Crippen molar-refractivity contribution in [3.63, 3.8) is 0 Å². The molecule has 0 aliphatic rings. The standard InChI is InChI=1S/C5H8FNO2/c1-4(6)5(8)7(2)9-3/h1H2,2-3H3. The maximum Gasteiger partial charge on any atom is 0.305 e. The van der Waals surface area contributed by atoms with Crippen molar-refractivity contribution in [1.82, 2.24) is 5.06 Å². The maximum atomic E-state index is 11.9. The average Bonchev–Trinajstić information content (AvgIpc) is 1.84. The van der Waals surface area contributed by atoms with Gasteiger partial charge in [-0.1, -0.05) is 6.58 Å². The molecule has 0 bridgehead atoms. The van der Waals surface area contributed by atoms with E-state index in [1.54, 1.807) is 0 Å². The van der Waals surface area contributed by atoms with Crippen LogP contribution in [0, 0.1) is 0 Å². The van der Waals surface area contributed by atoms with E-state index in [0.29, 0.717) is 0 Å². The van der Waals surface area contributed by atoms with Crippen molar-refractivity contribution in [3.8, 4) is 0 Å². The van der Waals surface area contributed by atoms with E-state index in [-0.39, 0.29) is 0 Å². The van der Waals surface area contributed by atoms with Crippen LogP contribution in [0.5, 0.6) is 0 Å². The molecule has 52 valence electrons. The Labute approximate surface area is 52.7 Å². The molecule has 9 heavy (non-hydrogen) atoms. The molecule has 0 aliphatic heterocycles. The molecule has 1 amide bonds. The molecular formula is C5H8FNO2. The first-order valence-electron chi connectivity index (χ1n) is 2.26. The summed E-state index contributed by atoms with van der Waals surface area (Å²) < 4.78 is 11.9. The molecule has 3 nitrogen and oxygen atoms in total. The van der Waals surface area contributed by atoms with Gasteiger partial charge in [-0.05, 0) is 0 Å². The van der Waals surface area contributed by atoms with Gasteiger partial charge in [-0.15, -0.1) is 0 Å². The van der Waals surface area contributed by atoms with Gasteiger partial charge in [-0.3, -0.25) is 9.63 Å². The first-order valence-corrected chi connectivity index (χ1v) is 2.26. The Morgan fingerprint density at radius 1 is 1.78 bits per heavy atom. The third-order valence-corrected chi connectivity index (χ3v) is 0.792. The zero-order valence-electron chi connectivity index (χ0n) is 5.35. The van der Waals surface area contributed by atoms with Crippen LogP contribution in [-0.4, -0.2) is 25.1 Å². The molecule has 0 saturated carbocycles. The third-order valence-electron chi connectivity index (χ3n) is 0.792. The zero-order valence-corrected chi connectivity index (χ0v) is 5.35. The fourth-order valence-corrected chi connectivity index (χ4v) is 0.254. The van der Waals surface area contributed by atoms with Gasteiger partial charge in [0.2, 0.25) is 0 Å². The predicted molar refractivity (Wildman–Crippen MR) is 30.0 cm³/mol. The molecule has 0 aliphatic carbocycles. The Morgan fingerprint density at radius 3 is 2.33 bits per heavy atom. The monoisotopic (exact) mass is 133 g/mol. The summed E-state index contributed by atoms with van der Waals surface area (Å²) in [7, 11) is 2.56. The van der Waals surface area contributed by atoms with Gasteiger partial charge >= 0.3 is 5.91 Å².